The lowest BCUT2D eigenvalue weighted by atomic mass is 9.65. The Hall–Kier alpha value is -7.26. The van der Waals surface area contributed by atoms with Gasteiger partial charge in [0.05, 0.1) is 16.6 Å². The molecular weight excluding hydrogens is 791 g/mol. The maximum Gasteiger partial charge on any atom is 0.0788 e. The Morgan fingerprint density at radius 1 is 0.594 bits per heavy atom. The Balaban J connectivity index is 1.07. The standard InChI is InChI=1S/C62H43NS/c1-39-45(40-17-4-2-5-18-40)36-35-41-19-8-9-22-46(41)59(39)43-33-31-42(32-34-43)47-24-16-27-54-60(47)51-37-50-49(48-23-10-13-28-56(48)63-61(50)44-20-6-3-7-21-44)38-55(51)62(54)52-25-11-14-29-57(52)64-58-30-15-12-26-53(58)62/h2-14,16-29,31-34,36-38,41H,1,15,30,35H2. The number of hydrogen-bond acceptors (Lipinski definition) is 2. The first-order valence-electron chi connectivity index (χ1n) is 22.6. The highest BCUT2D eigenvalue weighted by Crippen LogP contribution is 2.65. The van der Waals surface area contributed by atoms with Crippen LogP contribution in [0.3, 0.4) is 0 Å². The first kappa shape index (κ1) is 37.3. The van der Waals surface area contributed by atoms with E-state index in [2.05, 4.69) is 206 Å². The van der Waals surface area contributed by atoms with Crippen molar-refractivity contribution in [1.82, 2.24) is 4.98 Å². The number of benzene rings is 7. The summed E-state index contributed by atoms with van der Waals surface area (Å²) >= 11 is 1.97. The van der Waals surface area contributed by atoms with Gasteiger partial charge in [0.25, 0.3) is 0 Å². The van der Waals surface area contributed by atoms with E-state index in [4.69, 9.17) is 11.6 Å². The van der Waals surface area contributed by atoms with E-state index in [9.17, 15) is 0 Å². The molecule has 0 N–H and O–H groups in total. The molecule has 2 atom stereocenters. The van der Waals surface area contributed by atoms with Crippen molar-refractivity contribution in [2.45, 2.75) is 29.6 Å². The van der Waals surface area contributed by atoms with Gasteiger partial charge in [-0.1, -0.05) is 200 Å². The van der Waals surface area contributed by atoms with Gasteiger partial charge in [0.1, 0.15) is 0 Å². The Bertz CT molecular complexity index is 3490. The van der Waals surface area contributed by atoms with E-state index in [-0.39, 0.29) is 0 Å². The maximum absolute atomic E-state index is 5.41. The Morgan fingerprint density at radius 2 is 1.34 bits per heavy atom. The average Bonchev–Trinajstić information content (AvgIpc) is 3.54. The van der Waals surface area contributed by atoms with Gasteiger partial charge in [-0.05, 0) is 132 Å². The molecule has 1 nitrogen and oxygen atoms in total. The summed E-state index contributed by atoms with van der Waals surface area (Å²) in [5.74, 6) is 0.300. The largest absolute Gasteiger partial charge is 0.247 e. The molecule has 8 aromatic rings. The Morgan fingerprint density at radius 3 is 2.20 bits per heavy atom. The van der Waals surface area contributed by atoms with Crippen molar-refractivity contribution in [1.29, 1.82) is 0 Å². The summed E-state index contributed by atoms with van der Waals surface area (Å²) in [6.07, 6.45) is 19.3. The van der Waals surface area contributed by atoms with Crippen LogP contribution in [0.5, 0.6) is 0 Å². The fourth-order valence-electron chi connectivity index (χ4n) is 11.5. The molecule has 1 aromatic heterocycles. The lowest BCUT2D eigenvalue weighted by molar-refractivity contribution is 0.724. The number of aromatic nitrogens is 1. The zero-order valence-corrected chi connectivity index (χ0v) is 36.2. The number of allylic oxidation sites excluding steroid dienone is 13. The molecule has 0 amide bonds. The van der Waals surface area contributed by atoms with Gasteiger partial charge in [-0.3, -0.25) is 0 Å². The topological polar surface area (TPSA) is 12.9 Å². The van der Waals surface area contributed by atoms with Crippen LogP contribution in [0.1, 0.15) is 47.1 Å². The molecule has 2 unspecified atom stereocenters. The SMILES string of the molecule is C=C1C(c2ccccc2)=CCC2C=CC=CC2=C1c1ccc(-c2cccc3c2-c2cc4c(-c5ccccc5)nc5ccccc5c4cc2C32C3=C(CCC=C3)Sc3ccccc32)cc1. The molecule has 0 fully saturated rings. The summed E-state index contributed by atoms with van der Waals surface area (Å²) in [6.45, 7) is 4.81. The van der Waals surface area contributed by atoms with Crippen molar-refractivity contribution in [3.8, 4) is 33.5 Å². The van der Waals surface area contributed by atoms with E-state index >= 15 is 0 Å². The van der Waals surface area contributed by atoms with Gasteiger partial charge in [0.15, 0.2) is 0 Å². The molecular formula is C62H43NS. The quantitative estimate of drug-likeness (QED) is 0.164. The highest BCUT2D eigenvalue weighted by Gasteiger charge is 2.52. The number of thioether (sulfide) groups is 1. The molecule has 0 saturated heterocycles. The van der Waals surface area contributed by atoms with Crippen LogP contribution in [0.15, 0.2) is 239 Å². The molecule has 5 aliphatic rings. The van der Waals surface area contributed by atoms with Gasteiger partial charge in [0.2, 0.25) is 0 Å². The lowest BCUT2D eigenvalue weighted by Gasteiger charge is -2.41. The van der Waals surface area contributed by atoms with Crippen molar-refractivity contribution in [3.05, 3.63) is 262 Å². The zero-order chi connectivity index (χ0) is 42.4. The first-order chi connectivity index (χ1) is 31.7. The third kappa shape index (κ3) is 5.49. The Labute approximate surface area is 379 Å². The zero-order valence-electron chi connectivity index (χ0n) is 35.4. The number of fused-ring (bicyclic) bond motifs is 12. The molecule has 7 aromatic carbocycles. The van der Waals surface area contributed by atoms with Crippen molar-refractivity contribution >= 4 is 44.6 Å². The van der Waals surface area contributed by atoms with Gasteiger partial charge in [0, 0.05) is 27.1 Å². The van der Waals surface area contributed by atoms with Crippen LogP contribution >= 0.6 is 11.8 Å². The van der Waals surface area contributed by atoms with Crippen LogP contribution < -0.4 is 0 Å². The van der Waals surface area contributed by atoms with Crippen LogP contribution in [0.2, 0.25) is 0 Å². The molecule has 0 saturated carbocycles. The minimum atomic E-state index is -0.485. The molecule has 4 aliphatic carbocycles. The molecule has 1 spiro atoms. The number of hydrogen-bond donors (Lipinski definition) is 0. The van der Waals surface area contributed by atoms with Crippen molar-refractivity contribution in [2.24, 2.45) is 5.92 Å². The summed E-state index contributed by atoms with van der Waals surface area (Å²) in [5, 5.41) is 3.60. The van der Waals surface area contributed by atoms with Crippen LogP contribution in [0.4, 0.5) is 0 Å². The number of nitrogens with zero attached hydrogens (tertiary/aromatic N) is 1. The predicted molar refractivity (Wildman–Crippen MR) is 270 cm³/mol. The predicted octanol–water partition coefficient (Wildman–Crippen LogP) is 16.3. The van der Waals surface area contributed by atoms with Gasteiger partial charge in [-0.25, -0.2) is 4.98 Å². The monoisotopic (exact) mass is 833 g/mol. The summed E-state index contributed by atoms with van der Waals surface area (Å²) in [5.41, 5.74) is 20.5. The van der Waals surface area contributed by atoms with Crippen molar-refractivity contribution < 1.29 is 0 Å². The van der Waals surface area contributed by atoms with Crippen LogP contribution in [-0.4, -0.2) is 4.98 Å². The molecule has 1 aliphatic heterocycles. The van der Waals surface area contributed by atoms with E-state index in [1.54, 1.807) is 0 Å². The van der Waals surface area contributed by atoms with Crippen LogP contribution in [0.25, 0.3) is 66.3 Å². The number of rotatable bonds is 4. The molecule has 0 bridgehead atoms. The normalized spacial score (nSPS) is 19.3. The molecule has 302 valence electrons. The van der Waals surface area contributed by atoms with E-state index < -0.39 is 5.41 Å². The van der Waals surface area contributed by atoms with Gasteiger partial charge in [-0.2, -0.15) is 0 Å². The Kier molecular flexibility index (Phi) is 8.55. The van der Waals surface area contributed by atoms with E-state index in [0.717, 1.165) is 41.6 Å². The van der Waals surface area contributed by atoms with Gasteiger partial charge in [-0.15, -0.1) is 0 Å². The lowest BCUT2D eigenvalue weighted by Crippen LogP contribution is -2.33. The number of para-hydroxylation sites is 1. The summed E-state index contributed by atoms with van der Waals surface area (Å²) in [7, 11) is 0. The summed E-state index contributed by atoms with van der Waals surface area (Å²) < 4.78 is 0. The highest BCUT2D eigenvalue weighted by atomic mass is 32.2. The average molecular weight is 834 g/mol. The van der Waals surface area contributed by atoms with E-state index in [1.807, 2.05) is 11.8 Å². The fourth-order valence-corrected chi connectivity index (χ4v) is 12.8. The summed E-state index contributed by atoms with van der Waals surface area (Å²) in [4.78, 5) is 8.24. The number of pyridine rings is 1. The molecule has 2 heteroatoms. The smallest absolute Gasteiger partial charge is 0.0788 e. The van der Waals surface area contributed by atoms with Gasteiger partial charge < -0.3 is 0 Å². The van der Waals surface area contributed by atoms with Crippen LogP contribution in [0, 0.1) is 5.92 Å². The highest BCUT2D eigenvalue weighted by molar-refractivity contribution is 8.03. The third-order valence-corrected chi connectivity index (χ3v) is 15.5. The second-order valence-electron chi connectivity index (χ2n) is 17.6. The molecule has 0 radical (unpaired) electrons. The molecule has 64 heavy (non-hydrogen) atoms. The minimum Gasteiger partial charge on any atom is -0.247 e. The summed E-state index contributed by atoms with van der Waals surface area (Å²) in [6, 6.07) is 60.9. The maximum atomic E-state index is 5.41. The molecule has 13 rings (SSSR count). The van der Waals surface area contributed by atoms with Crippen LogP contribution in [-0.2, 0) is 5.41 Å². The third-order valence-electron chi connectivity index (χ3n) is 14.3. The second kappa shape index (κ2) is 14.7. The fraction of sp³-hybridized carbons (Fsp3) is 0.0806. The van der Waals surface area contributed by atoms with Gasteiger partial charge >= 0.3 is 0 Å². The minimum absolute atomic E-state index is 0.300. The van der Waals surface area contributed by atoms with Crippen molar-refractivity contribution in [3.63, 3.8) is 0 Å². The second-order valence-corrected chi connectivity index (χ2v) is 18.7. The molecule has 2 heterocycles. The first-order valence-corrected chi connectivity index (χ1v) is 23.4. The van der Waals surface area contributed by atoms with Crippen molar-refractivity contribution in [2.75, 3.05) is 0 Å². The van der Waals surface area contributed by atoms with E-state index in [0.29, 0.717) is 5.92 Å². The van der Waals surface area contributed by atoms with E-state index in [1.165, 1.54) is 98.3 Å².